The van der Waals surface area contributed by atoms with E-state index in [2.05, 4.69) is 39.1 Å². The lowest BCUT2D eigenvalue weighted by atomic mass is 9.95. The zero-order valence-electron chi connectivity index (χ0n) is 14.4. The Morgan fingerprint density at radius 2 is 1.56 bits per heavy atom. The molecule has 2 atom stereocenters. The van der Waals surface area contributed by atoms with Gasteiger partial charge in [0.15, 0.2) is 0 Å². The standard InChI is InChI=1S/C21H21N3O/c1-25-17-4-2-14(3-5-17)11-24-12-15-8-16(13-24)19-10-21-20(9-18(15)19)22-6-7-23-21/h2-7,9-10,15-16H,8,11-13H2,1H3/t15-,16+. The molecule has 1 fully saturated rings. The van der Waals surface area contributed by atoms with Crippen LogP contribution in [0.1, 0.15) is 34.9 Å². The summed E-state index contributed by atoms with van der Waals surface area (Å²) in [6.07, 6.45) is 4.84. The molecule has 1 saturated heterocycles. The summed E-state index contributed by atoms with van der Waals surface area (Å²) in [7, 11) is 1.71. The lowest BCUT2D eigenvalue weighted by molar-refractivity contribution is 0.195. The van der Waals surface area contributed by atoms with Crippen molar-refractivity contribution in [2.75, 3.05) is 20.2 Å². The van der Waals surface area contributed by atoms with Crippen molar-refractivity contribution in [1.29, 1.82) is 0 Å². The number of likely N-dealkylation sites (tertiary alicyclic amines) is 1. The first-order valence-corrected chi connectivity index (χ1v) is 8.90. The third-order valence-corrected chi connectivity index (χ3v) is 5.65. The van der Waals surface area contributed by atoms with E-state index in [9.17, 15) is 0 Å². The van der Waals surface area contributed by atoms with Gasteiger partial charge in [0.05, 0.1) is 18.1 Å². The highest BCUT2D eigenvalue weighted by molar-refractivity contribution is 5.77. The molecule has 0 N–H and O–H groups in total. The number of fused-ring (bicyclic) bond motifs is 6. The van der Waals surface area contributed by atoms with Gasteiger partial charge in [-0.15, -0.1) is 0 Å². The summed E-state index contributed by atoms with van der Waals surface area (Å²) in [5.41, 5.74) is 6.39. The predicted octanol–water partition coefficient (Wildman–Crippen LogP) is 3.73. The molecule has 0 amide bonds. The molecule has 4 nitrogen and oxygen atoms in total. The topological polar surface area (TPSA) is 38.2 Å². The van der Waals surface area contributed by atoms with Crippen LogP contribution in [0.4, 0.5) is 0 Å². The molecule has 0 radical (unpaired) electrons. The Hall–Kier alpha value is -2.46. The molecule has 126 valence electrons. The lowest BCUT2D eigenvalue weighted by Crippen LogP contribution is -2.34. The van der Waals surface area contributed by atoms with E-state index in [0.717, 1.165) is 36.4 Å². The number of rotatable bonds is 3. The molecule has 2 bridgehead atoms. The molecule has 0 saturated carbocycles. The van der Waals surface area contributed by atoms with Crippen molar-refractivity contribution in [1.82, 2.24) is 14.9 Å². The number of hydrogen-bond donors (Lipinski definition) is 0. The Morgan fingerprint density at radius 3 is 2.12 bits per heavy atom. The van der Waals surface area contributed by atoms with Crippen LogP contribution in [-0.4, -0.2) is 35.1 Å². The van der Waals surface area contributed by atoms with Crippen LogP contribution in [-0.2, 0) is 6.54 Å². The first-order valence-electron chi connectivity index (χ1n) is 8.90. The highest BCUT2D eigenvalue weighted by atomic mass is 16.5. The van der Waals surface area contributed by atoms with Crippen LogP contribution < -0.4 is 4.74 Å². The van der Waals surface area contributed by atoms with E-state index in [1.54, 1.807) is 19.5 Å². The lowest BCUT2D eigenvalue weighted by Gasteiger charge is -2.32. The summed E-state index contributed by atoms with van der Waals surface area (Å²) in [4.78, 5) is 11.6. The maximum Gasteiger partial charge on any atom is 0.118 e. The largest absolute Gasteiger partial charge is 0.497 e. The van der Waals surface area contributed by atoms with Gasteiger partial charge in [-0.3, -0.25) is 14.9 Å². The number of benzene rings is 2. The fraction of sp³-hybridized carbons (Fsp3) is 0.333. The molecule has 4 heteroatoms. The second-order valence-corrected chi connectivity index (χ2v) is 7.20. The molecule has 2 heterocycles. The van der Waals surface area contributed by atoms with Crippen molar-refractivity contribution in [2.45, 2.75) is 24.8 Å². The molecule has 2 aliphatic rings. The van der Waals surface area contributed by atoms with Crippen LogP contribution in [0.3, 0.4) is 0 Å². The van der Waals surface area contributed by atoms with Crippen LogP contribution in [0.25, 0.3) is 11.0 Å². The van der Waals surface area contributed by atoms with Crippen LogP contribution in [0.15, 0.2) is 48.8 Å². The maximum absolute atomic E-state index is 5.26. The van der Waals surface area contributed by atoms with Gasteiger partial charge in [-0.2, -0.15) is 0 Å². The first-order chi connectivity index (χ1) is 12.3. The fourth-order valence-electron chi connectivity index (χ4n) is 4.51. The predicted molar refractivity (Wildman–Crippen MR) is 97.9 cm³/mol. The molecule has 5 rings (SSSR count). The average Bonchev–Trinajstić information content (AvgIpc) is 2.91. The molecule has 2 aromatic carbocycles. The molecule has 0 unspecified atom stereocenters. The fourth-order valence-corrected chi connectivity index (χ4v) is 4.51. The van der Waals surface area contributed by atoms with E-state index < -0.39 is 0 Å². The summed E-state index contributed by atoms with van der Waals surface area (Å²) < 4.78 is 5.26. The molecule has 1 aliphatic heterocycles. The van der Waals surface area contributed by atoms with Gasteiger partial charge in [0.1, 0.15) is 5.75 Å². The molecular formula is C21H21N3O. The Bertz CT molecular complexity index is 872. The van der Waals surface area contributed by atoms with Crippen molar-refractivity contribution < 1.29 is 4.74 Å². The van der Waals surface area contributed by atoms with Crippen LogP contribution >= 0.6 is 0 Å². The number of methoxy groups -OCH3 is 1. The second kappa shape index (κ2) is 5.81. The quantitative estimate of drug-likeness (QED) is 0.733. The highest BCUT2D eigenvalue weighted by Gasteiger charge is 2.37. The number of hydrogen-bond acceptors (Lipinski definition) is 4. The van der Waals surface area contributed by atoms with Crippen LogP contribution in [0.5, 0.6) is 5.75 Å². The monoisotopic (exact) mass is 331 g/mol. The number of piperidine rings is 1. The zero-order valence-corrected chi connectivity index (χ0v) is 14.4. The van der Waals surface area contributed by atoms with E-state index in [4.69, 9.17) is 4.74 Å². The molecule has 25 heavy (non-hydrogen) atoms. The Balaban J connectivity index is 1.40. The van der Waals surface area contributed by atoms with Crippen LogP contribution in [0.2, 0.25) is 0 Å². The molecule has 3 aromatic rings. The van der Waals surface area contributed by atoms with Gasteiger partial charge >= 0.3 is 0 Å². The van der Waals surface area contributed by atoms with Crippen molar-refractivity contribution >= 4 is 11.0 Å². The summed E-state index contributed by atoms with van der Waals surface area (Å²) in [6, 6.07) is 13.0. The molecule has 1 aromatic heterocycles. The number of aromatic nitrogens is 2. The summed E-state index contributed by atoms with van der Waals surface area (Å²) in [6.45, 7) is 3.25. The molecular weight excluding hydrogens is 310 g/mol. The Morgan fingerprint density at radius 1 is 0.960 bits per heavy atom. The minimum atomic E-state index is 0.624. The van der Waals surface area contributed by atoms with Crippen molar-refractivity contribution in [3.63, 3.8) is 0 Å². The van der Waals surface area contributed by atoms with Gasteiger partial charge in [-0.1, -0.05) is 12.1 Å². The normalized spacial score (nSPS) is 22.1. The van der Waals surface area contributed by atoms with E-state index in [-0.39, 0.29) is 0 Å². The molecule has 1 aliphatic carbocycles. The van der Waals surface area contributed by atoms with E-state index in [1.807, 2.05) is 12.1 Å². The van der Waals surface area contributed by atoms with Gasteiger partial charge in [0, 0.05) is 32.0 Å². The summed E-state index contributed by atoms with van der Waals surface area (Å²) in [5, 5.41) is 0. The van der Waals surface area contributed by atoms with Crippen LogP contribution in [0, 0.1) is 0 Å². The average molecular weight is 331 g/mol. The zero-order chi connectivity index (χ0) is 16.8. The van der Waals surface area contributed by atoms with Gasteiger partial charge in [-0.25, -0.2) is 0 Å². The summed E-state index contributed by atoms with van der Waals surface area (Å²) >= 11 is 0. The first kappa shape index (κ1) is 14.8. The minimum absolute atomic E-state index is 0.624. The Kier molecular flexibility index (Phi) is 3.45. The van der Waals surface area contributed by atoms with E-state index >= 15 is 0 Å². The summed E-state index contributed by atoms with van der Waals surface area (Å²) in [5.74, 6) is 2.17. The maximum atomic E-state index is 5.26. The SMILES string of the molecule is COc1ccc(CN2C[C@H]3C[C@@H](C2)c2cc4nccnc4cc23)cc1. The highest BCUT2D eigenvalue weighted by Crippen LogP contribution is 2.47. The number of ether oxygens (including phenoxy) is 1. The van der Waals surface area contributed by atoms with Crippen molar-refractivity contribution in [2.24, 2.45) is 0 Å². The van der Waals surface area contributed by atoms with Gasteiger partial charge < -0.3 is 4.74 Å². The second-order valence-electron chi connectivity index (χ2n) is 7.20. The third-order valence-electron chi connectivity index (χ3n) is 5.65. The third kappa shape index (κ3) is 2.57. The van der Waals surface area contributed by atoms with Crippen molar-refractivity contribution in [3.8, 4) is 5.75 Å². The van der Waals surface area contributed by atoms with E-state index in [0.29, 0.717) is 11.8 Å². The molecule has 0 spiro atoms. The minimum Gasteiger partial charge on any atom is -0.497 e. The van der Waals surface area contributed by atoms with Gasteiger partial charge in [0.25, 0.3) is 0 Å². The number of nitrogens with zero attached hydrogens (tertiary/aromatic N) is 3. The van der Waals surface area contributed by atoms with Gasteiger partial charge in [0.2, 0.25) is 0 Å². The smallest absolute Gasteiger partial charge is 0.118 e. The van der Waals surface area contributed by atoms with E-state index in [1.165, 1.54) is 23.1 Å². The Labute approximate surface area is 147 Å². The van der Waals surface area contributed by atoms with Gasteiger partial charge in [-0.05, 0) is 59.2 Å². The van der Waals surface area contributed by atoms with Crippen molar-refractivity contribution in [3.05, 3.63) is 65.5 Å².